The van der Waals surface area contributed by atoms with Gasteiger partial charge in [-0.2, -0.15) is 0 Å². The van der Waals surface area contributed by atoms with Gasteiger partial charge in [0.2, 0.25) is 0 Å². The molecule has 0 aliphatic heterocycles. The van der Waals surface area contributed by atoms with Gasteiger partial charge in [0.05, 0.1) is 18.5 Å². The molecule has 0 unspecified atom stereocenters. The minimum atomic E-state index is -0.221. The Balaban J connectivity index is 0.000000406. The minimum Gasteiger partial charge on any atom is -0.495 e. The highest BCUT2D eigenvalue weighted by Gasteiger charge is 2.17. The number of hydrogen-bond acceptors (Lipinski definition) is 6. The van der Waals surface area contributed by atoms with Crippen LogP contribution in [0.4, 0.5) is 0 Å². The van der Waals surface area contributed by atoms with Crippen LogP contribution in [0.15, 0.2) is 53.3 Å². The summed E-state index contributed by atoms with van der Waals surface area (Å²) in [6.07, 6.45) is 0. The first-order valence-corrected chi connectivity index (χ1v) is 12.8. The maximum atomic E-state index is 13.3. The van der Waals surface area contributed by atoms with E-state index in [0.717, 1.165) is 11.3 Å². The number of benzene rings is 2. The molecule has 0 spiro atoms. The maximum absolute atomic E-state index is 13.3. The number of para-hydroxylation sites is 3. The normalized spacial score (nSPS) is 10.9. The smallest absolute Gasteiger partial charge is 0.278 e. The lowest BCUT2D eigenvalue weighted by Crippen LogP contribution is -2.21. The van der Waals surface area contributed by atoms with E-state index >= 15 is 0 Å². The summed E-state index contributed by atoms with van der Waals surface area (Å²) in [4.78, 5) is 18.8. The van der Waals surface area contributed by atoms with Crippen LogP contribution in [0, 0.1) is 15.6 Å². The second-order valence-electron chi connectivity index (χ2n) is 7.53. The summed E-state index contributed by atoms with van der Waals surface area (Å²) >= 11 is 12.3. The molecule has 4 rings (SSSR count). The molecule has 2 aromatic carbocycles. The number of rotatable bonds is 6. The molecule has 0 aliphatic carbocycles. The number of aromatic amines is 1. The van der Waals surface area contributed by atoms with Gasteiger partial charge in [-0.3, -0.25) is 9.36 Å². The Kier molecular flexibility index (Phi) is 8.96. The van der Waals surface area contributed by atoms with Gasteiger partial charge in [0.15, 0.2) is 8.73 Å². The highest BCUT2D eigenvalue weighted by atomic mass is 32.1. The number of aromatic nitrogens is 3. The number of thiazole rings is 1. The van der Waals surface area contributed by atoms with Crippen LogP contribution in [-0.2, 0) is 0 Å². The van der Waals surface area contributed by atoms with E-state index in [0.29, 0.717) is 25.7 Å². The second-order valence-corrected chi connectivity index (χ2v) is 9.56. The molecule has 34 heavy (non-hydrogen) atoms. The van der Waals surface area contributed by atoms with Gasteiger partial charge in [-0.05, 0) is 74.8 Å². The number of nitrogens with zero attached hydrogens (tertiary/aromatic N) is 3. The predicted molar refractivity (Wildman–Crippen MR) is 148 cm³/mol. The summed E-state index contributed by atoms with van der Waals surface area (Å²) in [5.74, 6) is 0.570. The third-order valence-electron chi connectivity index (χ3n) is 5.66. The number of H-pyrrole nitrogens is 1. The van der Waals surface area contributed by atoms with Crippen molar-refractivity contribution in [2.45, 2.75) is 27.7 Å². The van der Waals surface area contributed by atoms with Crippen molar-refractivity contribution < 1.29 is 4.74 Å². The molecule has 1 N–H and O–H groups in total. The van der Waals surface area contributed by atoms with Crippen molar-refractivity contribution >= 4 is 46.1 Å². The Morgan fingerprint density at radius 3 is 2.09 bits per heavy atom. The number of nitrogens with one attached hydrogen (secondary N) is 1. The summed E-state index contributed by atoms with van der Waals surface area (Å²) in [7, 11) is 1.56. The SMILES string of the molecule is CCN(CC)CC.COc1ccccc1-n1c(=S)[nH]c2c(sc(=S)n2-c2ccccc2C)c1=O. The van der Waals surface area contributed by atoms with Crippen LogP contribution in [0.1, 0.15) is 26.3 Å². The van der Waals surface area contributed by atoms with E-state index in [1.807, 2.05) is 47.9 Å². The van der Waals surface area contributed by atoms with Crippen LogP contribution < -0.4 is 10.3 Å². The number of ether oxygens (including phenoxy) is 1. The molecule has 180 valence electrons. The first-order chi connectivity index (χ1) is 16.4. The maximum Gasteiger partial charge on any atom is 0.278 e. The first kappa shape index (κ1) is 26.0. The third-order valence-corrected chi connectivity index (χ3v) is 7.31. The fourth-order valence-corrected chi connectivity index (χ4v) is 5.31. The zero-order valence-electron chi connectivity index (χ0n) is 20.1. The zero-order valence-corrected chi connectivity index (χ0v) is 22.6. The molecular formula is C25H30N4O2S3. The van der Waals surface area contributed by atoms with Crippen molar-refractivity contribution in [1.82, 2.24) is 19.0 Å². The third kappa shape index (κ3) is 5.22. The van der Waals surface area contributed by atoms with Crippen molar-refractivity contribution in [2.24, 2.45) is 0 Å². The van der Waals surface area contributed by atoms with Gasteiger partial charge in [0.1, 0.15) is 16.1 Å². The monoisotopic (exact) mass is 514 g/mol. The number of hydrogen-bond donors (Lipinski definition) is 1. The van der Waals surface area contributed by atoms with Crippen LogP contribution >= 0.6 is 35.8 Å². The van der Waals surface area contributed by atoms with Crippen LogP contribution in [0.25, 0.3) is 21.7 Å². The van der Waals surface area contributed by atoms with E-state index in [-0.39, 0.29) is 10.3 Å². The lowest BCUT2D eigenvalue weighted by molar-refractivity contribution is 0.321. The van der Waals surface area contributed by atoms with Crippen molar-refractivity contribution in [1.29, 1.82) is 0 Å². The predicted octanol–water partition coefficient (Wildman–Crippen LogP) is 6.30. The summed E-state index contributed by atoms with van der Waals surface area (Å²) < 4.78 is 10.1. The van der Waals surface area contributed by atoms with Crippen LogP contribution in [0.5, 0.6) is 5.75 Å². The van der Waals surface area contributed by atoms with E-state index in [9.17, 15) is 4.79 Å². The summed E-state index contributed by atoms with van der Waals surface area (Å²) in [5, 5.41) is 0. The molecule has 0 fully saturated rings. The summed E-state index contributed by atoms with van der Waals surface area (Å²) in [5.41, 5.74) is 2.97. The van der Waals surface area contributed by atoms with Crippen LogP contribution in [-0.4, -0.2) is 45.8 Å². The molecule has 6 nitrogen and oxygen atoms in total. The van der Waals surface area contributed by atoms with Crippen molar-refractivity contribution in [2.75, 3.05) is 26.7 Å². The van der Waals surface area contributed by atoms with Gasteiger partial charge in [-0.1, -0.05) is 62.4 Å². The Morgan fingerprint density at radius 2 is 1.53 bits per heavy atom. The second kappa shape index (κ2) is 11.7. The highest BCUT2D eigenvalue weighted by Crippen LogP contribution is 2.27. The Hall–Kier alpha value is -2.59. The molecule has 9 heteroatoms. The van der Waals surface area contributed by atoms with E-state index in [1.54, 1.807) is 19.2 Å². The van der Waals surface area contributed by atoms with Crippen molar-refractivity contribution in [3.8, 4) is 17.1 Å². The molecular weight excluding hydrogens is 485 g/mol. The Bertz CT molecular complexity index is 1440. The lowest BCUT2D eigenvalue weighted by Gasteiger charge is -2.13. The molecule has 2 heterocycles. The van der Waals surface area contributed by atoms with Gasteiger partial charge in [-0.25, -0.2) is 4.57 Å². The number of aryl methyl sites for hydroxylation is 1. The van der Waals surface area contributed by atoms with Gasteiger partial charge < -0.3 is 14.6 Å². The molecule has 0 atom stereocenters. The fraction of sp³-hybridized carbons (Fsp3) is 0.320. The molecule has 0 aliphatic rings. The largest absolute Gasteiger partial charge is 0.495 e. The van der Waals surface area contributed by atoms with Gasteiger partial charge in [0.25, 0.3) is 5.56 Å². The van der Waals surface area contributed by atoms with Crippen LogP contribution in [0.2, 0.25) is 0 Å². The molecule has 0 saturated heterocycles. The van der Waals surface area contributed by atoms with Crippen LogP contribution in [0.3, 0.4) is 0 Å². The Morgan fingerprint density at radius 1 is 0.941 bits per heavy atom. The van der Waals surface area contributed by atoms with Gasteiger partial charge >= 0.3 is 0 Å². The quantitative estimate of drug-likeness (QED) is 0.306. The van der Waals surface area contributed by atoms with E-state index in [4.69, 9.17) is 29.2 Å². The lowest BCUT2D eigenvalue weighted by atomic mass is 10.2. The minimum absolute atomic E-state index is 0.221. The highest BCUT2D eigenvalue weighted by molar-refractivity contribution is 7.73. The molecule has 0 amide bonds. The average molecular weight is 515 g/mol. The fourth-order valence-electron chi connectivity index (χ4n) is 3.72. The summed E-state index contributed by atoms with van der Waals surface area (Å²) in [6, 6.07) is 15.2. The summed E-state index contributed by atoms with van der Waals surface area (Å²) in [6.45, 7) is 12.1. The first-order valence-electron chi connectivity index (χ1n) is 11.2. The number of fused-ring (bicyclic) bond motifs is 1. The molecule has 0 bridgehead atoms. The van der Waals surface area contributed by atoms with Crippen molar-refractivity contribution in [3.63, 3.8) is 0 Å². The van der Waals surface area contributed by atoms with Gasteiger partial charge in [0, 0.05) is 0 Å². The standard InChI is InChI=1S/C19H15N3O2S3.C6H15N/c1-11-7-3-4-8-12(11)21-16-15(27-19(21)26)17(23)22(18(25)20-16)13-9-5-6-10-14(13)24-2;1-4-7(5-2)6-3/h3-10H,1-2H3,(H,20,25);4-6H2,1-3H3. The van der Waals surface area contributed by atoms with Crippen molar-refractivity contribution in [3.05, 3.63) is 73.2 Å². The molecule has 0 radical (unpaired) electrons. The molecule has 0 saturated carbocycles. The van der Waals surface area contributed by atoms with E-state index in [1.165, 1.54) is 35.5 Å². The van der Waals surface area contributed by atoms with E-state index in [2.05, 4.69) is 30.7 Å². The zero-order chi connectivity index (χ0) is 24.8. The van der Waals surface area contributed by atoms with Gasteiger partial charge in [-0.15, -0.1) is 0 Å². The Labute approximate surface area is 214 Å². The van der Waals surface area contributed by atoms with E-state index < -0.39 is 0 Å². The topological polar surface area (TPSA) is 55.2 Å². The number of methoxy groups -OCH3 is 1. The molecule has 2 aromatic heterocycles. The average Bonchev–Trinajstić information content (AvgIpc) is 3.17. The molecule has 4 aromatic rings.